The van der Waals surface area contributed by atoms with Crippen molar-refractivity contribution in [3.63, 3.8) is 0 Å². The van der Waals surface area contributed by atoms with Crippen LogP contribution in [0.5, 0.6) is 0 Å². The molecular formula is C8H18O3. The van der Waals surface area contributed by atoms with Crippen LogP contribution in [0.25, 0.3) is 0 Å². The largest absolute Gasteiger partial charge is 0.469 e. The minimum atomic E-state index is -0.167. The molecular weight excluding hydrogens is 144 g/mol. The molecule has 0 spiro atoms. The van der Waals surface area contributed by atoms with Crippen molar-refractivity contribution in [2.45, 2.75) is 33.8 Å². The Morgan fingerprint density at radius 3 is 1.55 bits per heavy atom. The van der Waals surface area contributed by atoms with Crippen molar-refractivity contribution in [1.82, 2.24) is 0 Å². The topological polar surface area (TPSA) is 46.5 Å². The molecule has 0 amide bonds. The quantitative estimate of drug-likeness (QED) is 0.589. The number of ether oxygens (including phenoxy) is 1. The summed E-state index contributed by atoms with van der Waals surface area (Å²) >= 11 is 0. The second-order valence-electron chi connectivity index (χ2n) is 2.77. The van der Waals surface area contributed by atoms with Crippen molar-refractivity contribution in [2.24, 2.45) is 5.92 Å². The maximum Gasteiger partial charge on any atom is 0.308 e. The molecule has 0 rings (SSSR count). The van der Waals surface area contributed by atoms with Crippen LogP contribution in [0.3, 0.4) is 0 Å². The zero-order valence-electron chi connectivity index (χ0n) is 7.92. The lowest BCUT2D eigenvalue weighted by molar-refractivity contribution is -0.144. The van der Waals surface area contributed by atoms with E-state index >= 15 is 0 Å². The number of carbonyl (C=O) groups excluding carboxylic acids is 1. The molecule has 0 aliphatic carbocycles. The van der Waals surface area contributed by atoms with Crippen LogP contribution >= 0.6 is 0 Å². The highest BCUT2D eigenvalue weighted by Crippen LogP contribution is 1.91. The highest BCUT2D eigenvalue weighted by Gasteiger charge is 2.03. The maximum absolute atomic E-state index is 10.3. The third-order valence-electron chi connectivity index (χ3n) is 0.673. The van der Waals surface area contributed by atoms with E-state index < -0.39 is 0 Å². The SMILES string of the molecule is CC(C)O.COC(=O)C(C)C. The first kappa shape index (κ1) is 13.1. The fourth-order valence-electron chi connectivity index (χ4n) is 0.236. The summed E-state index contributed by atoms with van der Waals surface area (Å²) in [6, 6.07) is 0. The number of hydrogen-bond acceptors (Lipinski definition) is 3. The van der Waals surface area contributed by atoms with Gasteiger partial charge in [0, 0.05) is 6.10 Å². The Bertz CT molecular complexity index is 94.8. The lowest BCUT2D eigenvalue weighted by atomic mass is 10.2. The minimum absolute atomic E-state index is 0.00463. The van der Waals surface area contributed by atoms with Gasteiger partial charge in [0.2, 0.25) is 0 Å². The molecule has 0 saturated heterocycles. The van der Waals surface area contributed by atoms with Crippen molar-refractivity contribution in [2.75, 3.05) is 7.11 Å². The van der Waals surface area contributed by atoms with Gasteiger partial charge in [-0.2, -0.15) is 0 Å². The molecule has 0 aliphatic heterocycles. The smallest absolute Gasteiger partial charge is 0.308 e. The highest BCUT2D eigenvalue weighted by molar-refractivity contribution is 5.71. The molecule has 0 radical (unpaired) electrons. The first-order valence-electron chi connectivity index (χ1n) is 3.67. The van der Waals surface area contributed by atoms with Gasteiger partial charge in [0.15, 0.2) is 0 Å². The van der Waals surface area contributed by atoms with Crippen LogP contribution in [0.2, 0.25) is 0 Å². The molecule has 3 nitrogen and oxygen atoms in total. The first-order valence-corrected chi connectivity index (χ1v) is 3.67. The Morgan fingerprint density at radius 1 is 1.27 bits per heavy atom. The molecule has 0 heterocycles. The van der Waals surface area contributed by atoms with E-state index in [2.05, 4.69) is 4.74 Å². The molecule has 0 aromatic carbocycles. The number of carbonyl (C=O) groups is 1. The van der Waals surface area contributed by atoms with Gasteiger partial charge in [0.05, 0.1) is 13.0 Å². The molecule has 0 aromatic rings. The number of rotatable bonds is 1. The van der Waals surface area contributed by atoms with Gasteiger partial charge in [0.25, 0.3) is 0 Å². The predicted octanol–water partition coefficient (Wildman–Crippen LogP) is 1.20. The summed E-state index contributed by atoms with van der Waals surface area (Å²) in [7, 11) is 1.39. The second-order valence-corrected chi connectivity index (χ2v) is 2.77. The van der Waals surface area contributed by atoms with Gasteiger partial charge in [-0.15, -0.1) is 0 Å². The normalized spacial score (nSPS) is 9.09. The molecule has 0 atom stereocenters. The molecule has 0 aromatic heterocycles. The van der Waals surface area contributed by atoms with Crippen molar-refractivity contribution in [1.29, 1.82) is 0 Å². The lowest BCUT2D eigenvalue weighted by Crippen LogP contribution is -2.07. The highest BCUT2D eigenvalue weighted by atomic mass is 16.5. The molecule has 0 saturated carbocycles. The van der Waals surface area contributed by atoms with Gasteiger partial charge in [-0.1, -0.05) is 13.8 Å². The van der Waals surface area contributed by atoms with Crippen LogP contribution in [0.1, 0.15) is 27.7 Å². The molecule has 68 valence electrons. The zero-order chi connectivity index (χ0) is 9.44. The third kappa shape index (κ3) is 17.7. The van der Waals surface area contributed by atoms with Gasteiger partial charge < -0.3 is 9.84 Å². The van der Waals surface area contributed by atoms with E-state index in [9.17, 15) is 4.79 Å². The Kier molecular flexibility index (Phi) is 8.94. The molecule has 0 aliphatic rings. The number of methoxy groups -OCH3 is 1. The Hall–Kier alpha value is -0.570. The second kappa shape index (κ2) is 7.54. The van der Waals surface area contributed by atoms with E-state index in [1.807, 2.05) is 0 Å². The number of aliphatic hydroxyl groups is 1. The van der Waals surface area contributed by atoms with Crippen molar-refractivity contribution in [3.05, 3.63) is 0 Å². The van der Waals surface area contributed by atoms with Gasteiger partial charge in [0.1, 0.15) is 0 Å². The molecule has 1 N–H and O–H groups in total. The summed E-state index contributed by atoms with van der Waals surface area (Å²) in [4.78, 5) is 10.3. The zero-order valence-corrected chi connectivity index (χ0v) is 7.92. The van der Waals surface area contributed by atoms with Crippen LogP contribution in [0.15, 0.2) is 0 Å². The Morgan fingerprint density at radius 2 is 1.55 bits per heavy atom. The third-order valence-corrected chi connectivity index (χ3v) is 0.673. The number of esters is 1. The van der Waals surface area contributed by atoms with Crippen LogP contribution in [0, 0.1) is 5.92 Å². The summed E-state index contributed by atoms with van der Waals surface area (Å²) in [5, 5.41) is 8.06. The fourth-order valence-corrected chi connectivity index (χ4v) is 0.236. The van der Waals surface area contributed by atoms with E-state index in [0.29, 0.717) is 0 Å². The standard InChI is InChI=1S/C5H10O2.C3H8O/c1-4(2)5(6)7-3;1-3(2)4/h4H,1-3H3;3-4H,1-2H3. The van der Waals surface area contributed by atoms with Crippen LogP contribution in [-0.4, -0.2) is 24.3 Å². The Labute approximate surface area is 68.4 Å². The number of aliphatic hydroxyl groups excluding tert-OH is 1. The van der Waals surface area contributed by atoms with E-state index in [-0.39, 0.29) is 18.0 Å². The van der Waals surface area contributed by atoms with Crippen molar-refractivity contribution in [3.8, 4) is 0 Å². The maximum atomic E-state index is 10.3. The number of hydrogen-bond donors (Lipinski definition) is 1. The van der Waals surface area contributed by atoms with E-state index in [1.165, 1.54) is 7.11 Å². The van der Waals surface area contributed by atoms with Gasteiger partial charge >= 0.3 is 5.97 Å². The van der Waals surface area contributed by atoms with E-state index in [4.69, 9.17) is 5.11 Å². The van der Waals surface area contributed by atoms with Crippen molar-refractivity contribution >= 4 is 5.97 Å². The minimum Gasteiger partial charge on any atom is -0.469 e. The average Bonchev–Trinajstić information content (AvgIpc) is 1.85. The van der Waals surface area contributed by atoms with Crippen LogP contribution in [0.4, 0.5) is 0 Å². The van der Waals surface area contributed by atoms with Crippen LogP contribution in [-0.2, 0) is 9.53 Å². The molecule has 0 fully saturated rings. The van der Waals surface area contributed by atoms with Crippen molar-refractivity contribution < 1.29 is 14.6 Å². The van der Waals surface area contributed by atoms with Crippen LogP contribution < -0.4 is 0 Å². The van der Waals surface area contributed by atoms with E-state index in [1.54, 1.807) is 27.7 Å². The average molecular weight is 162 g/mol. The van der Waals surface area contributed by atoms with Gasteiger partial charge in [-0.05, 0) is 13.8 Å². The first-order chi connectivity index (χ1) is 4.91. The summed E-state index contributed by atoms with van der Waals surface area (Å²) in [6.45, 7) is 7.04. The van der Waals surface area contributed by atoms with Gasteiger partial charge in [-0.3, -0.25) is 4.79 Å². The monoisotopic (exact) mass is 162 g/mol. The predicted molar refractivity (Wildman–Crippen MR) is 44.2 cm³/mol. The summed E-state index contributed by atoms with van der Waals surface area (Å²) < 4.78 is 4.37. The fraction of sp³-hybridized carbons (Fsp3) is 0.875. The summed E-state index contributed by atoms with van der Waals surface area (Å²) in [6.07, 6.45) is -0.167. The molecule has 3 heteroatoms. The van der Waals surface area contributed by atoms with Gasteiger partial charge in [-0.25, -0.2) is 0 Å². The molecule has 11 heavy (non-hydrogen) atoms. The Balaban J connectivity index is 0. The lowest BCUT2D eigenvalue weighted by Gasteiger charge is -1.97. The molecule has 0 unspecified atom stereocenters. The summed E-state index contributed by atoms with van der Waals surface area (Å²) in [5.41, 5.74) is 0. The molecule has 0 bridgehead atoms. The van der Waals surface area contributed by atoms with E-state index in [0.717, 1.165) is 0 Å². The summed E-state index contributed by atoms with van der Waals surface area (Å²) in [5.74, 6) is -0.148.